The number of benzene rings is 1. The first kappa shape index (κ1) is 20.4. The molecule has 4 rings (SSSR count). The van der Waals surface area contributed by atoms with Gasteiger partial charge >= 0.3 is 5.69 Å². The van der Waals surface area contributed by atoms with Crippen molar-refractivity contribution < 1.29 is 9.47 Å². The maximum Gasteiger partial charge on any atom is 0.332 e. The maximum absolute atomic E-state index is 12.6. The second-order valence-electron chi connectivity index (χ2n) is 7.48. The zero-order valence-corrected chi connectivity index (χ0v) is 17.9. The molecule has 1 N–H and O–H groups in total. The number of aromatic amines is 1. The Morgan fingerprint density at radius 1 is 1.16 bits per heavy atom. The Morgan fingerprint density at radius 2 is 1.87 bits per heavy atom. The topological polar surface area (TPSA) is 104 Å². The van der Waals surface area contributed by atoms with Crippen LogP contribution in [-0.4, -0.2) is 38.3 Å². The molecule has 0 aliphatic carbocycles. The molecule has 3 heterocycles. The zero-order chi connectivity index (χ0) is 22.3. The van der Waals surface area contributed by atoms with Gasteiger partial charge in [0.1, 0.15) is 11.3 Å². The molecule has 0 aliphatic heterocycles. The first-order chi connectivity index (χ1) is 14.8. The number of hydrogen-bond acceptors (Lipinski definition) is 6. The third-order valence-corrected chi connectivity index (χ3v) is 5.16. The molecular weight excluding hydrogens is 398 g/mol. The smallest absolute Gasteiger partial charge is 0.332 e. The van der Waals surface area contributed by atoms with Gasteiger partial charge in [0.15, 0.2) is 17.1 Å². The molecule has 0 unspecified atom stereocenters. The molecule has 1 aromatic carbocycles. The number of allylic oxidation sites excluding steroid dienone is 1. The minimum atomic E-state index is -0.429. The third-order valence-electron chi connectivity index (χ3n) is 5.16. The highest BCUT2D eigenvalue weighted by atomic mass is 16.5. The fraction of sp³-hybridized carbons (Fsp3) is 0.273. The van der Waals surface area contributed by atoms with E-state index in [1.54, 1.807) is 26.6 Å². The average Bonchev–Trinajstić information content (AvgIpc) is 3.18. The highest BCUT2D eigenvalue weighted by molar-refractivity contribution is 5.88. The predicted octanol–water partition coefficient (Wildman–Crippen LogP) is 2.16. The van der Waals surface area contributed by atoms with Crippen molar-refractivity contribution in [3.63, 3.8) is 0 Å². The van der Waals surface area contributed by atoms with Gasteiger partial charge in [-0.05, 0) is 30.0 Å². The normalized spacial score (nSPS) is 11.2. The molecule has 0 saturated carbocycles. The summed E-state index contributed by atoms with van der Waals surface area (Å²) in [5.74, 6) is 1.78. The van der Waals surface area contributed by atoms with E-state index < -0.39 is 11.2 Å². The van der Waals surface area contributed by atoms with Crippen molar-refractivity contribution in [1.82, 2.24) is 24.1 Å². The van der Waals surface area contributed by atoms with Gasteiger partial charge in [0.05, 0.1) is 14.2 Å². The number of nitrogens with zero attached hydrogens (tertiary/aromatic N) is 4. The van der Waals surface area contributed by atoms with Crippen LogP contribution in [0.1, 0.15) is 18.3 Å². The van der Waals surface area contributed by atoms with Crippen LogP contribution in [0.3, 0.4) is 0 Å². The molecule has 160 valence electrons. The van der Waals surface area contributed by atoms with Gasteiger partial charge in [-0.25, -0.2) is 9.78 Å². The van der Waals surface area contributed by atoms with Crippen LogP contribution in [0, 0.1) is 0 Å². The molecule has 9 nitrogen and oxygen atoms in total. The van der Waals surface area contributed by atoms with E-state index in [0.29, 0.717) is 29.4 Å². The second kappa shape index (κ2) is 7.75. The Morgan fingerprint density at radius 3 is 2.55 bits per heavy atom. The van der Waals surface area contributed by atoms with Crippen LogP contribution in [-0.2, 0) is 20.0 Å². The molecule has 4 aromatic rings. The number of imidazole rings is 1. The van der Waals surface area contributed by atoms with Gasteiger partial charge in [-0.2, -0.15) is 0 Å². The lowest BCUT2D eigenvalue weighted by Crippen LogP contribution is -2.38. The number of ether oxygens (including phenoxy) is 2. The van der Waals surface area contributed by atoms with E-state index in [1.807, 2.05) is 19.1 Å². The number of H-pyrrole nitrogens is 1. The summed E-state index contributed by atoms with van der Waals surface area (Å²) < 4.78 is 13.3. The van der Waals surface area contributed by atoms with E-state index in [1.165, 1.54) is 11.6 Å². The van der Waals surface area contributed by atoms with Gasteiger partial charge in [-0.15, -0.1) is 0 Å². The summed E-state index contributed by atoms with van der Waals surface area (Å²) in [4.78, 5) is 37.2. The van der Waals surface area contributed by atoms with Crippen molar-refractivity contribution in [2.24, 2.45) is 7.05 Å². The fourth-order valence-electron chi connectivity index (χ4n) is 3.66. The summed E-state index contributed by atoms with van der Waals surface area (Å²) in [6.07, 6.45) is 3.89. The molecule has 0 radical (unpaired) electrons. The number of hydrogen-bond donors (Lipinski definition) is 1. The van der Waals surface area contributed by atoms with Crippen molar-refractivity contribution in [3.05, 3.63) is 68.9 Å². The third kappa shape index (κ3) is 3.48. The van der Waals surface area contributed by atoms with Gasteiger partial charge < -0.3 is 14.5 Å². The first-order valence-electron chi connectivity index (χ1n) is 9.65. The van der Waals surface area contributed by atoms with E-state index >= 15 is 0 Å². The molecule has 0 bridgehead atoms. The number of pyridine rings is 1. The van der Waals surface area contributed by atoms with E-state index in [-0.39, 0.29) is 12.1 Å². The Balaban J connectivity index is 1.87. The SMILES string of the molecule is C=C(C)Cn1c(=O)n(C)c(=O)c2[nH]c(Cc3cncc4cc(OC)c(OC)cc34)nc21. The summed E-state index contributed by atoms with van der Waals surface area (Å²) in [5, 5.41) is 1.82. The quantitative estimate of drug-likeness (QED) is 0.479. The van der Waals surface area contributed by atoms with Crippen LogP contribution in [0.15, 0.2) is 46.3 Å². The number of rotatable bonds is 6. The fourth-order valence-corrected chi connectivity index (χ4v) is 3.66. The number of nitrogens with one attached hydrogen (secondary N) is 1. The highest BCUT2D eigenvalue weighted by Crippen LogP contribution is 2.33. The van der Waals surface area contributed by atoms with E-state index in [2.05, 4.69) is 21.5 Å². The largest absolute Gasteiger partial charge is 0.493 e. The average molecular weight is 421 g/mol. The lowest BCUT2D eigenvalue weighted by molar-refractivity contribution is 0.356. The second-order valence-corrected chi connectivity index (χ2v) is 7.48. The molecule has 0 fully saturated rings. The highest BCUT2D eigenvalue weighted by Gasteiger charge is 2.17. The van der Waals surface area contributed by atoms with Crippen molar-refractivity contribution in [3.8, 4) is 11.5 Å². The molecule has 0 spiro atoms. The van der Waals surface area contributed by atoms with E-state index in [0.717, 1.165) is 26.5 Å². The van der Waals surface area contributed by atoms with Crippen molar-refractivity contribution in [1.29, 1.82) is 0 Å². The van der Waals surface area contributed by atoms with E-state index in [4.69, 9.17) is 9.47 Å². The van der Waals surface area contributed by atoms with Crippen LogP contribution in [0.25, 0.3) is 21.9 Å². The zero-order valence-electron chi connectivity index (χ0n) is 17.9. The van der Waals surface area contributed by atoms with Crippen LogP contribution >= 0.6 is 0 Å². The van der Waals surface area contributed by atoms with Crippen molar-refractivity contribution in [2.45, 2.75) is 19.9 Å². The predicted molar refractivity (Wildman–Crippen MR) is 118 cm³/mol. The summed E-state index contributed by atoms with van der Waals surface area (Å²) in [6.45, 7) is 5.97. The molecular formula is C22H23N5O4. The van der Waals surface area contributed by atoms with Crippen LogP contribution in [0.5, 0.6) is 11.5 Å². The Kier molecular flexibility index (Phi) is 5.10. The number of methoxy groups -OCH3 is 2. The van der Waals surface area contributed by atoms with Crippen LogP contribution in [0.4, 0.5) is 0 Å². The Labute approximate surface area is 177 Å². The van der Waals surface area contributed by atoms with Gasteiger partial charge in [0.25, 0.3) is 5.56 Å². The number of fused-ring (bicyclic) bond motifs is 2. The molecule has 3 aromatic heterocycles. The monoisotopic (exact) mass is 421 g/mol. The standard InChI is InChI=1S/C22H23N5O4/c1-12(2)11-27-20-19(21(28)26(3)22(27)29)24-18(25-20)7-14-10-23-9-13-6-16(30-4)17(31-5)8-15(13)14/h6,8-10H,1,7,11H2,2-5H3,(H,24,25). The van der Waals surface area contributed by atoms with Crippen LogP contribution in [0.2, 0.25) is 0 Å². The lowest BCUT2D eigenvalue weighted by atomic mass is 10.0. The van der Waals surface area contributed by atoms with Crippen LogP contribution < -0.4 is 20.7 Å². The molecule has 31 heavy (non-hydrogen) atoms. The Bertz CT molecular complexity index is 1440. The van der Waals surface area contributed by atoms with E-state index in [9.17, 15) is 9.59 Å². The van der Waals surface area contributed by atoms with Gasteiger partial charge in [0.2, 0.25) is 0 Å². The molecule has 0 saturated heterocycles. The maximum atomic E-state index is 12.6. The van der Waals surface area contributed by atoms with Gasteiger partial charge in [-0.1, -0.05) is 12.2 Å². The lowest BCUT2D eigenvalue weighted by Gasteiger charge is -2.11. The van der Waals surface area contributed by atoms with Crippen molar-refractivity contribution >= 4 is 21.9 Å². The summed E-state index contributed by atoms with van der Waals surface area (Å²) in [6, 6.07) is 3.76. The molecule has 0 atom stereocenters. The van der Waals surface area contributed by atoms with Crippen molar-refractivity contribution in [2.75, 3.05) is 14.2 Å². The molecule has 9 heteroatoms. The summed E-state index contributed by atoms with van der Waals surface area (Å²) in [5.41, 5.74) is 1.43. The molecule has 0 amide bonds. The number of aromatic nitrogens is 5. The minimum absolute atomic E-state index is 0.278. The summed E-state index contributed by atoms with van der Waals surface area (Å²) >= 11 is 0. The van der Waals surface area contributed by atoms with Gasteiger partial charge in [-0.3, -0.25) is 18.9 Å². The van der Waals surface area contributed by atoms with Gasteiger partial charge in [0, 0.05) is 37.8 Å². The first-order valence-corrected chi connectivity index (χ1v) is 9.65. The Hall–Kier alpha value is -3.88. The molecule has 0 aliphatic rings. The minimum Gasteiger partial charge on any atom is -0.493 e. The summed E-state index contributed by atoms with van der Waals surface area (Å²) in [7, 11) is 4.62.